The summed E-state index contributed by atoms with van der Waals surface area (Å²) in [6.07, 6.45) is 6.76. The highest BCUT2D eigenvalue weighted by Gasteiger charge is 2.70. The number of rotatable bonds is 6. The lowest BCUT2D eigenvalue weighted by Crippen LogP contribution is -2.62. The van der Waals surface area contributed by atoms with E-state index in [0.29, 0.717) is 31.4 Å². The predicted octanol–water partition coefficient (Wildman–Crippen LogP) is 5.83. The van der Waals surface area contributed by atoms with Gasteiger partial charge in [0.25, 0.3) is 0 Å². The number of ketones is 1. The van der Waals surface area contributed by atoms with E-state index < -0.39 is 23.1 Å². The smallest absolute Gasteiger partial charge is 0.306 e. The van der Waals surface area contributed by atoms with Gasteiger partial charge in [-0.15, -0.1) is 0 Å². The minimum Gasteiger partial charge on any atom is -0.449 e. The predicted molar refractivity (Wildman–Crippen MR) is 162 cm³/mol. The Kier molecular flexibility index (Phi) is 8.31. The topological polar surface area (TPSA) is 119 Å². The zero-order valence-electron chi connectivity index (χ0n) is 24.8. The van der Waals surface area contributed by atoms with Crippen LogP contribution in [0.4, 0.5) is 10.1 Å². The van der Waals surface area contributed by atoms with Crippen molar-refractivity contribution in [1.29, 1.82) is 0 Å². The molecule has 0 radical (unpaired) electrons. The number of fused-ring (bicyclic) bond motifs is 5. The lowest BCUT2D eigenvalue weighted by molar-refractivity contribution is -0.196. The standard InChI is InChI=1S/C33H41FN2O5S/c1-5-28(39)41-33(30(40)42-18-19(2)37)13-12-25-24-11-6-21-14-26(36-23-9-7-22(34)8-10-23)20(17-35)15-31(21,3)29(24)27(38)16-32(25,33)4/h7-10,14,17,24-25,27,29,38H,5-6,11-13,15-16,18,35H2,1-4H3/t24-,25?,27?,29?,31-,32-,33-/m0/s1. The molecule has 226 valence electrons. The van der Waals surface area contributed by atoms with Gasteiger partial charge in [0, 0.05) is 11.8 Å². The van der Waals surface area contributed by atoms with Crippen molar-refractivity contribution in [2.24, 2.45) is 39.3 Å². The van der Waals surface area contributed by atoms with Gasteiger partial charge in [0.05, 0.1) is 23.3 Å². The molecule has 4 aliphatic rings. The van der Waals surface area contributed by atoms with Crippen LogP contribution in [-0.2, 0) is 19.1 Å². The maximum Gasteiger partial charge on any atom is 0.306 e. The van der Waals surface area contributed by atoms with Gasteiger partial charge in [-0.3, -0.25) is 14.4 Å². The number of aliphatic hydroxyl groups excluding tert-OH is 1. The number of carbonyl (C=O) groups is 3. The summed E-state index contributed by atoms with van der Waals surface area (Å²) in [7, 11) is 0. The largest absolute Gasteiger partial charge is 0.449 e. The molecule has 42 heavy (non-hydrogen) atoms. The van der Waals surface area contributed by atoms with Gasteiger partial charge in [0.2, 0.25) is 5.12 Å². The van der Waals surface area contributed by atoms with Crippen LogP contribution in [0.25, 0.3) is 0 Å². The molecule has 0 amide bonds. The van der Waals surface area contributed by atoms with Crippen LogP contribution in [0.15, 0.2) is 52.7 Å². The fourth-order valence-corrected chi connectivity index (χ4v) is 9.62. The maximum absolute atomic E-state index is 13.8. The monoisotopic (exact) mass is 596 g/mol. The van der Waals surface area contributed by atoms with Crippen LogP contribution in [0.5, 0.6) is 0 Å². The summed E-state index contributed by atoms with van der Waals surface area (Å²) in [4.78, 5) is 43.0. The first kappa shape index (κ1) is 30.7. The number of esters is 1. The van der Waals surface area contributed by atoms with Crippen molar-refractivity contribution < 1.29 is 28.6 Å². The Bertz CT molecular complexity index is 1370. The Morgan fingerprint density at radius 1 is 1.21 bits per heavy atom. The SMILES string of the molecule is CCC(=O)O[C@]1(C(=O)SCC(C)=O)CCC2[C@@H]3CCC4=CC(=Nc5ccc(F)cc5)C(=CN)C[C@]4(C)C3C(O)C[C@@]21C. The summed E-state index contributed by atoms with van der Waals surface area (Å²) < 4.78 is 19.5. The number of thioether (sulfide) groups is 1. The van der Waals surface area contributed by atoms with Crippen LogP contribution in [-0.4, -0.2) is 45.1 Å². The van der Waals surface area contributed by atoms with Gasteiger partial charge in [-0.2, -0.15) is 0 Å². The number of Topliss-reactive ketones (excluding diaryl/α,β-unsaturated/α-hetero) is 1. The number of hydrogen-bond donors (Lipinski definition) is 2. The minimum absolute atomic E-state index is 0.0296. The summed E-state index contributed by atoms with van der Waals surface area (Å²) in [5.41, 5.74) is 7.12. The van der Waals surface area contributed by atoms with E-state index in [-0.39, 0.29) is 52.1 Å². The number of nitrogens with zero attached hydrogens (tertiary/aromatic N) is 1. The van der Waals surface area contributed by atoms with Gasteiger partial charge in [-0.1, -0.05) is 38.1 Å². The molecule has 7 nitrogen and oxygen atoms in total. The molecule has 0 aliphatic heterocycles. The Morgan fingerprint density at radius 3 is 2.57 bits per heavy atom. The summed E-state index contributed by atoms with van der Waals surface area (Å²) in [6.45, 7) is 7.36. The lowest BCUT2D eigenvalue weighted by Gasteiger charge is -2.60. The summed E-state index contributed by atoms with van der Waals surface area (Å²) in [6, 6.07) is 6.04. The van der Waals surface area contributed by atoms with Crippen molar-refractivity contribution in [3.05, 3.63) is 53.5 Å². The fourth-order valence-electron chi connectivity index (χ4n) is 8.67. The summed E-state index contributed by atoms with van der Waals surface area (Å²) in [5.74, 6) is -0.740. The second-order valence-electron chi connectivity index (χ2n) is 12.9. The average Bonchev–Trinajstić information content (AvgIpc) is 3.24. The first-order valence-corrected chi connectivity index (χ1v) is 15.9. The van der Waals surface area contributed by atoms with Crippen LogP contribution in [0.1, 0.15) is 72.6 Å². The van der Waals surface area contributed by atoms with Crippen molar-refractivity contribution in [3.8, 4) is 0 Å². The molecule has 3 N–H and O–H groups in total. The van der Waals surface area contributed by atoms with Crippen LogP contribution in [0.3, 0.4) is 0 Å². The number of nitrogens with two attached hydrogens (primary N) is 1. The average molecular weight is 597 g/mol. The Balaban J connectivity index is 1.50. The Morgan fingerprint density at radius 2 is 1.93 bits per heavy atom. The molecule has 0 spiro atoms. The highest BCUT2D eigenvalue weighted by atomic mass is 32.2. The number of aliphatic imine (C=N–C) groups is 1. The third-order valence-electron chi connectivity index (χ3n) is 10.6. The quantitative estimate of drug-likeness (QED) is 0.397. The molecule has 3 unspecified atom stereocenters. The molecule has 7 atom stereocenters. The molecule has 0 saturated heterocycles. The second kappa shape index (κ2) is 11.4. The molecule has 3 fully saturated rings. The van der Waals surface area contributed by atoms with Gasteiger partial charge in [0.15, 0.2) is 5.60 Å². The molecule has 1 aromatic carbocycles. The van der Waals surface area contributed by atoms with Crippen LogP contribution < -0.4 is 5.73 Å². The van der Waals surface area contributed by atoms with E-state index in [1.54, 1.807) is 25.3 Å². The molecule has 5 rings (SSSR count). The lowest BCUT2D eigenvalue weighted by atomic mass is 9.45. The van der Waals surface area contributed by atoms with Gasteiger partial charge < -0.3 is 15.6 Å². The molecule has 4 aliphatic carbocycles. The summed E-state index contributed by atoms with van der Waals surface area (Å²) in [5, 5.41) is 11.7. The maximum atomic E-state index is 13.8. The van der Waals surface area contributed by atoms with Crippen molar-refractivity contribution in [3.63, 3.8) is 0 Å². The number of carbonyl (C=O) groups excluding carboxylic acids is 3. The van der Waals surface area contributed by atoms with Gasteiger partial charge in [-0.25, -0.2) is 9.38 Å². The molecule has 1 aromatic rings. The number of halogens is 1. The van der Waals surface area contributed by atoms with E-state index in [2.05, 4.69) is 13.0 Å². The Hall–Kier alpha value is -2.78. The van der Waals surface area contributed by atoms with Crippen LogP contribution in [0.2, 0.25) is 0 Å². The van der Waals surface area contributed by atoms with E-state index >= 15 is 0 Å². The molecule has 0 bridgehead atoms. The van der Waals surface area contributed by atoms with E-state index in [9.17, 15) is 23.9 Å². The molecule has 0 aromatic heterocycles. The number of hydrogen-bond acceptors (Lipinski definition) is 8. The van der Waals surface area contributed by atoms with E-state index in [4.69, 9.17) is 15.5 Å². The van der Waals surface area contributed by atoms with Crippen LogP contribution in [0, 0.1) is 34.4 Å². The van der Waals surface area contributed by atoms with E-state index in [0.717, 1.165) is 35.9 Å². The molecule has 9 heteroatoms. The van der Waals surface area contributed by atoms with E-state index in [1.807, 2.05) is 6.92 Å². The first-order valence-electron chi connectivity index (χ1n) is 14.9. The number of benzene rings is 1. The van der Waals surface area contributed by atoms with Crippen molar-refractivity contribution >= 4 is 40.0 Å². The first-order chi connectivity index (χ1) is 19.9. The molecular formula is C33H41FN2O5S. The van der Waals surface area contributed by atoms with Crippen molar-refractivity contribution in [2.75, 3.05) is 5.75 Å². The second-order valence-corrected chi connectivity index (χ2v) is 13.9. The highest BCUT2D eigenvalue weighted by molar-refractivity contribution is 8.14. The normalized spacial score (nSPS) is 37.4. The van der Waals surface area contributed by atoms with Gasteiger partial charge in [0.1, 0.15) is 11.6 Å². The van der Waals surface area contributed by atoms with Crippen molar-refractivity contribution in [2.45, 2.75) is 84.3 Å². The number of aliphatic hydroxyl groups is 1. The third kappa shape index (κ3) is 4.96. The molecular weight excluding hydrogens is 555 g/mol. The number of allylic oxidation sites excluding steroid dienone is 3. The van der Waals surface area contributed by atoms with Gasteiger partial charge >= 0.3 is 5.97 Å². The van der Waals surface area contributed by atoms with Gasteiger partial charge in [-0.05, 0) is 111 Å². The third-order valence-corrected chi connectivity index (χ3v) is 11.7. The van der Waals surface area contributed by atoms with Crippen LogP contribution >= 0.6 is 11.8 Å². The van der Waals surface area contributed by atoms with Crippen molar-refractivity contribution in [1.82, 2.24) is 0 Å². The molecule has 3 saturated carbocycles. The minimum atomic E-state index is -1.38. The van der Waals surface area contributed by atoms with E-state index in [1.165, 1.54) is 24.6 Å². The summed E-state index contributed by atoms with van der Waals surface area (Å²) >= 11 is 0.929. The zero-order valence-corrected chi connectivity index (χ0v) is 25.6. The molecule has 0 heterocycles. The highest BCUT2D eigenvalue weighted by Crippen LogP contribution is 2.69. The number of ether oxygens (including phenoxy) is 1. The fraction of sp³-hybridized carbons (Fsp3) is 0.576. The Labute approximate surface area is 251 Å². The zero-order chi connectivity index (χ0) is 30.4.